The lowest BCUT2D eigenvalue weighted by Gasteiger charge is -2.22. The van der Waals surface area contributed by atoms with E-state index in [2.05, 4.69) is 11.6 Å². The average Bonchev–Trinajstić information content (AvgIpc) is 2.90. The highest BCUT2D eigenvalue weighted by Crippen LogP contribution is 2.37. The normalized spacial score (nSPS) is 16.6. The first kappa shape index (κ1) is 16.5. The molecule has 2 aromatic rings. The summed E-state index contributed by atoms with van der Waals surface area (Å²) in [5, 5.41) is 0.660. The van der Waals surface area contributed by atoms with E-state index in [4.69, 9.17) is 16.3 Å². The van der Waals surface area contributed by atoms with Gasteiger partial charge in [0.05, 0.1) is 0 Å². The molecule has 0 bridgehead atoms. The van der Waals surface area contributed by atoms with Crippen LogP contribution in [0.25, 0.3) is 0 Å². The summed E-state index contributed by atoms with van der Waals surface area (Å²) in [6, 6.07) is 7.56. The number of H-pyrrole nitrogens is 1. The van der Waals surface area contributed by atoms with Crippen molar-refractivity contribution >= 4 is 23.4 Å². The molecular formula is C19H18ClNO3. The van der Waals surface area contributed by atoms with E-state index in [9.17, 15) is 9.59 Å². The maximum atomic E-state index is 12.6. The Morgan fingerprint density at radius 1 is 1.42 bits per heavy atom. The van der Waals surface area contributed by atoms with E-state index < -0.39 is 5.97 Å². The van der Waals surface area contributed by atoms with Gasteiger partial charge in [0.1, 0.15) is 12.3 Å². The van der Waals surface area contributed by atoms with Gasteiger partial charge in [0.25, 0.3) is 0 Å². The van der Waals surface area contributed by atoms with Crippen molar-refractivity contribution in [3.63, 3.8) is 0 Å². The minimum Gasteiger partial charge on any atom is -0.457 e. The number of aromatic nitrogens is 1. The number of halogens is 1. The van der Waals surface area contributed by atoms with Gasteiger partial charge >= 0.3 is 5.97 Å². The Balaban J connectivity index is 1.94. The van der Waals surface area contributed by atoms with E-state index in [0.717, 1.165) is 11.3 Å². The van der Waals surface area contributed by atoms with Crippen LogP contribution in [0.5, 0.6) is 0 Å². The number of ketones is 1. The molecule has 0 amide bonds. The Hall–Kier alpha value is -2.33. The van der Waals surface area contributed by atoms with Gasteiger partial charge in [-0.3, -0.25) is 4.79 Å². The number of nitrogens with one attached hydrogen (secondary N) is 1. The Bertz CT molecular complexity index is 822. The van der Waals surface area contributed by atoms with Crippen molar-refractivity contribution in [3.05, 3.63) is 70.0 Å². The fraction of sp³-hybridized carbons (Fsp3) is 0.263. The van der Waals surface area contributed by atoms with Gasteiger partial charge in [0, 0.05) is 22.7 Å². The van der Waals surface area contributed by atoms with Gasteiger partial charge in [-0.15, -0.1) is 0 Å². The second-order valence-corrected chi connectivity index (χ2v) is 6.32. The average molecular weight is 344 g/mol. The van der Waals surface area contributed by atoms with Crippen LogP contribution in [0.2, 0.25) is 5.02 Å². The van der Waals surface area contributed by atoms with Crippen LogP contribution < -0.4 is 0 Å². The monoisotopic (exact) mass is 343 g/mol. The van der Waals surface area contributed by atoms with Crippen molar-refractivity contribution < 1.29 is 14.3 Å². The number of fused-ring (bicyclic) bond motifs is 1. The van der Waals surface area contributed by atoms with Crippen molar-refractivity contribution in [2.75, 3.05) is 6.61 Å². The largest absolute Gasteiger partial charge is 0.457 e. The van der Waals surface area contributed by atoms with Gasteiger partial charge in [-0.1, -0.05) is 42.5 Å². The molecule has 0 saturated carbocycles. The number of esters is 1. The van der Waals surface area contributed by atoms with Gasteiger partial charge in [-0.25, -0.2) is 4.79 Å². The predicted molar refractivity (Wildman–Crippen MR) is 92.9 cm³/mol. The molecule has 1 N–H and O–H groups in total. The van der Waals surface area contributed by atoms with Crippen LogP contribution in [-0.4, -0.2) is 23.3 Å². The fourth-order valence-corrected chi connectivity index (χ4v) is 3.56. The third kappa shape index (κ3) is 2.89. The maximum Gasteiger partial charge on any atom is 0.355 e. The molecular weight excluding hydrogens is 326 g/mol. The summed E-state index contributed by atoms with van der Waals surface area (Å²) in [5.74, 6) is -0.435. The third-order valence-electron chi connectivity index (χ3n) is 4.37. The number of rotatable bonds is 4. The Labute approximate surface area is 145 Å². The lowest BCUT2D eigenvalue weighted by Crippen LogP contribution is -2.18. The Morgan fingerprint density at radius 3 is 2.88 bits per heavy atom. The topological polar surface area (TPSA) is 59.2 Å². The Kier molecular flexibility index (Phi) is 4.58. The highest BCUT2D eigenvalue weighted by Gasteiger charge is 2.32. The number of carbonyl (C=O) groups is 2. The lowest BCUT2D eigenvalue weighted by molar-refractivity contribution is 0.0542. The quantitative estimate of drug-likeness (QED) is 0.667. The van der Waals surface area contributed by atoms with Gasteiger partial charge in [0.2, 0.25) is 0 Å². The minimum atomic E-state index is -0.469. The van der Waals surface area contributed by atoms with E-state index >= 15 is 0 Å². The molecule has 1 aliphatic rings. The van der Waals surface area contributed by atoms with Crippen LogP contribution in [-0.2, 0) is 11.2 Å². The molecule has 1 atom stereocenters. The van der Waals surface area contributed by atoms with Gasteiger partial charge < -0.3 is 9.72 Å². The summed E-state index contributed by atoms with van der Waals surface area (Å²) >= 11 is 6.27. The molecule has 1 aliphatic carbocycles. The SMILES string of the molecule is C=CCOC(=O)c1[nH]c2c(c1C)C(=O)C[C@@H](c1ccccc1Cl)C2. The van der Waals surface area contributed by atoms with Crippen molar-refractivity contribution in [1.29, 1.82) is 0 Å². The van der Waals surface area contributed by atoms with Gasteiger partial charge in [-0.2, -0.15) is 0 Å². The second-order valence-electron chi connectivity index (χ2n) is 5.92. The molecule has 0 spiro atoms. The zero-order valence-electron chi connectivity index (χ0n) is 13.4. The van der Waals surface area contributed by atoms with Crippen LogP contribution in [0.15, 0.2) is 36.9 Å². The molecule has 1 aromatic heterocycles. The highest BCUT2D eigenvalue weighted by atomic mass is 35.5. The molecule has 4 nitrogen and oxygen atoms in total. The first-order chi connectivity index (χ1) is 11.5. The fourth-order valence-electron chi connectivity index (χ4n) is 3.27. The van der Waals surface area contributed by atoms with Crippen molar-refractivity contribution in [1.82, 2.24) is 4.98 Å². The first-order valence-corrected chi connectivity index (χ1v) is 8.17. The van der Waals surface area contributed by atoms with E-state index in [1.165, 1.54) is 6.08 Å². The number of Topliss-reactive ketones (excluding diaryl/α,β-unsaturated/α-hetero) is 1. The zero-order valence-corrected chi connectivity index (χ0v) is 14.2. The van der Waals surface area contributed by atoms with Crippen molar-refractivity contribution in [3.8, 4) is 0 Å². The standard InChI is InChI=1S/C19H18ClNO3/c1-3-8-24-19(23)18-11(2)17-15(21-18)9-12(10-16(17)22)13-6-4-5-7-14(13)20/h3-7,12,21H,1,8-10H2,2H3/t12-/m0/s1. The van der Waals surface area contributed by atoms with Gasteiger partial charge in [0.15, 0.2) is 5.78 Å². The number of benzene rings is 1. The van der Waals surface area contributed by atoms with Crippen molar-refractivity contribution in [2.24, 2.45) is 0 Å². The number of hydrogen-bond donors (Lipinski definition) is 1. The third-order valence-corrected chi connectivity index (χ3v) is 4.71. The Morgan fingerprint density at radius 2 is 2.17 bits per heavy atom. The minimum absolute atomic E-state index is 0.00814. The molecule has 0 unspecified atom stereocenters. The number of aromatic amines is 1. The number of hydrogen-bond acceptors (Lipinski definition) is 3. The van der Waals surface area contributed by atoms with E-state index in [0.29, 0.717) is 34.7 Å². The number of ether oxygens (including phenoxy) is 1. The van der Waals surface area contributed by atoms with Crippen molar-refractivity contribution in [2.45, 2.75) is 25.7 Å². The van der Waals surface area contributed by atoms with E-state index in [1.807, 2.05) is 24.3 Å². The van der Waals surface area contributed by atoms with Crippen LogP contribution in [0.1, 0.15) is 50.0 Å². The molecule has 1 aromatic carbocycles. The number of carbonyl (C=O) groups excluding carboxylic acids is 2. The first-order valence-electron chi connectivity index (χ1n) is 7.80. The van der Waals surface area contributed by atoms with E-state index in [1.54, 1.807) is 6.92 Å². The molecule has 5 heteroatoms. The smallest absolute Gasteiger partial charge is 0.355 e. The predicted octanol–water partition coefficient (Wildman–Crippen LogP) is 4.23. The van der Waals surface area contributed by atoms with Gasteiger partial charge in [-0.05, 0) is 36.5 Å². The van der Waals surface area contributed by atoms with Crippen LogP contribution in [0.4, 0.5) is 0 Å². The highest BCUT2D eigenvalue weighted by molar-refractivity contribution is 6.31. The zero-order chi connectivity index (χ0) is 17.3. The molecule has 0 fully saturated rings. The summed E-state index contributed by atoms with van der Waals surface area (Å²) in [5.41, 5.74) is 3.35. The molecule has 0 saturated heterocycles. The summed E-state index contributed by atoms with van der Waals surface area (Å²) in [7, 11) is 0. The van der Waals surface area contributed by atoms with Crippen LogP contribution in [0, 0.1) is 6.92 Å². The molecule has 3 rings (SSSR count). The van der Waals surface area contributed by atoms with Crippen LogP contribution >= 0.6 is 11.6 Å². The van der Waals surface area contributed by atoms with Crippen LogP contribution in [0.3, 0.4) is 0 Å². The summed E-state index contributed by atoms with van der Waals surface area (Å²) in [6.07, 6.45) is 2.53. The molecule has 124 valence electrons. The maximum absolute atomic E-state index is 12.6. The molecule has 24 heavy (non-hydrogen) atoms. The molecule has 1 heterocycles. The summed E-state index contributed by atoms with van der Waals surface area (Å²) in [4.78, 5) is 27.8. The van der Waals surface area contributed by atoms with E-state index in [-0.39, 0.29) is 18.3 Å². The summed E-state index contributed by atoms with van der Waals surface area (Å²) in [6.45, 7) is 5.43. The second kappa shape index (κ2) is 6.65. The molecule has 0 radical (unpaired) electrons. The molecule has 0 aliphatic heterocycles. The summed E-state index contributed by atoms with van der Waals surface area (Å²) < 4.78 is 5.08. The lowest BCUT2D eigenvalue weighted by atomic mass is 9.81.